The van der Waals surface area contributed by atoms with Gasteiger partial charge in [0, 0.05) is 30.1 Å². The zero-order chi connectivity index (χ0) is 19.9. The van der Waals surface area contributed by atoms with Gasteiger partial charge in [0.2, 0.25) is 10.0 Å². The fourth-order valence-corrected chi connectivity index (χ4v) is 5.12. The highest BCUT2D eigenvalue weighted by atomic mass is 32.2. The third-order valence-corrected chi connectivity index (χ3v) is 7.52. The summed E-state index contributed by atoms with van der Waals surface area (Å²) >= 11 is 1.37. The highest BCUT2D eigenvalue weighted by Gasteiger charge is 2.25. The first-order valence-corrected chi connectivity index (χ1v) is 10.8. The van der Waals surface area contributed by atoms with Crippen LogP contribution in [0.25, 0.3) is 10.4 Å². The smallest absolute Gasteiger partial charge is 0.265 e. The number of carbonyl (C=O) groups excluding carboxylic acids is 1. The Hall–Kier alpha value is -2.68. The van der Waals surface area contributed by atoms with E-state index in [-0.39, 0.29) is 16.5 Å². The Labute approximate surface area is 167 Å². The molecule has 28 heavy (non-hydrogen) atoms. The molecule has 8 heteroatoms. The largest absolute Gasteiger partial charge is 0.488 e. The van der Waals surface area contributed by atoms with Gasteiger partial charge >= 0.3 is 0 Å². The molecule has 0 radical (unpaired) electrons. The second-order valence-corrected chi connectivity index (χ2v) is 9.66. The molecule has 1 aliphatic rings. The van der Waals surface area contributed by atoms with E-state index < -0.39 is 10.0 Å². The number of para-hydroxylation sites is 2. The van der Waals surface area contributed by atoms with Crippen LogP contribution in [0.4, 0.5) is 5.69 Å². The molecule has 0 aliphatic carbocycles. The Morgan fingerprint density at radius 2 is 1.82 bits per heavy atom. The van der Waals surface area contributed by atoms with Crippen molar-refractivity contribution < 1.29 is 17.9 Å². The molecular weight excluding hydrogens is 396 g/mol. The minimum atomic E-state index is -3.68. The monoisotopic (exact) mass is 414 g/mol. The molecule has 0 fully saturated rings. The predicted octanol–water partition coefficient (Wildman–Crippen LogP) is 3.81. The van der Waals surface area contributed by atoms with Crippen molar-refractivity contribution in [2.45, 2.75) is 11.5 Å². The molecule has 0 saturated heterocycles. The van der Waals surface area contributed by atoms with Crippen LogP contribution in [0.15, 0.2) is 59.5 Å². The lowest BCUT2D eigenvalue weighted by atomic mass is 10.1. The van der Waals surface area contributed by atoms with Gasteiger partial charge in [-0.05, 0) is 30.3 Å². The summed E-state index contributed by atoms with van der Waals surface area (Å²) in [5.41, 5.74) is 2.16. The topological polar surface area (TPSA) is 75.7 Å². The molecule has 0 atom stereocenters. The Bertz CT molecular complexity index is 1170. The number of rotatable bonds is 4. The van der Waals surface area contributed by atoms with E-state index in [1.54, 1.807) is 24.3 Å². The van der Waals surface area contributed by atoms with Gasteiger partial charge in [-0.3, -0.25) is 4.79 Å². The Kier molecular flexibility index (Phi) is 4.70. The van der Waals surface area contributed by atoms with E-state index in [1.807, 2.05) is 24.3 Å². The summed E-state index contributed by atoms with van der Waals surface area (Å²) in [4.78, 5) is 14.4. The van der Waals surface area contributed by atoms with Crippen molar-refractivity contribution in [3.63, 3.8) is 0 Å². The first kappa shape index (κ1) is 18.7. The highest BCUT2D eigenvalue weighted by molar-refractivity contribution is 7.89. The summed E-state index contributed by atoms with van der Waals surface area (Å²) in [7, 11) is -0.762. The molecule has 1 aliphatic heterocycles. The van der Waals surface area contributed by atoms with Gasteiger partial charge in [0.25, 0.3) is 5.91 Å². The fourth-order valence-electron chi connectivity index (χ4n) is 2.99. The first-order chi connectivity index (χ1) is 13.4. The van der Waals surface area contributed by atoms with Crippen molar-refractivity contribution in [3.8, 4) is 16.2 Å². The van der Waals surface area contributed by atoms with Crippen LogP contribution in [0.1, 0.15) is 15.2 Å². The molecule has 0 unspecified atom stereocenters. The predicted molar refractivity (Wildman–Crippen MR) is 109 cm³/mol. The van der Waals surface area contributed by atoms with Crippen LogP contribution in [0, 0.1) is 0 Å². The third kappa shape index (κ3) is 3.19. The van der Waals surface area contributed by atoms with Crippen molar-refractivity contribution in [1.82, 2.24) is 4.31 Å². The number of benzene rings is 2. The minimum Gasteiger partial charge on any atom is -0.488 e. The lowest BCUT2D eigenvalue weighted by Gasteiger charge is -2.16. The van der Waals surface area contributed by atoms with Crippen LogP contribution in [0.5, 0.6) is 5.75 Å². The Morgan fingerprint density at radius 3 is 2.61 bits per heavy atom. The number of nitrogens with one attached hydrogen (secondary N) is 1. The van der Waals surface area contributed by atoms with Crippen molar-refractivity contribution in [1.29, 1.82) is 0 Å². The maximum Gasteiger partial charge on any atom is 0.265 e. The normalized spacial score (nSPS) is 12.8. The summed E-state index contributed by atoms with van der Waals surface area (Å²) in [6.07, 6.45) is 0. The van der Waals surface area contributed by atoms with Gasteiger partial charge in [-0.15, -0.1) is 11.3 Å². The summed E-state index contributed by atoms with van der Waals surface area (Å²) in [5, 5.41) is 2.75. The minimum absolute atomic E-state index is 0.0587. The van der Waals surface area contributed by atoms with Crippen LogP contribution in [0.2, 0.25) is 0 Å². The Morgan fingerprint density at radius 1 is 1.11 bits per heavy atom. The average molecular weight is 415 g/mol. The molecule has 1 aromatic heterocycles. The number of hydrogen-bond donors (Lipinski definition) is 1. The number of anilines is 1. The first-order valence-electron chi connectivity index (χ1n) is 8.56. The SMILES string of the molecule is CN(C)S(=O)(=O)c1ccccc1NC(=O)c1cc2c(s1)-c1ccccc1OC2. The molecule has 144 valence electrons. The molecule has 2 heterocycles. The van der Waals surface area contributed by atoms with Crippen molar-refractivity contribution in [2.24, 2.45) is 0 Å². The quantitative estimate of drug-likeness (QED) is 0.704. The van der Waals surface area contributed by atoms with Gasteiger partial charge < -0.3 is 10.1 Å². The summed E-state index contributed by atoms with van der Waals surface area (Å²) in [5.74, 6) is 0.449. The number of hydrogen-bond acceptors (Lipinski definition) is 5. The van der Waals surface area contributed by atoms with Gasteiger partial charge in [0.15, 0.2) is 0 Å². The van der Waals surface area contributed by atoms with E-state index in [9.17, 15) is 13.2 Å². The van der Waals surface area contributed by atoms with Gasteiger partial charge in [0.1, 0.15) is 17.3 Å². The summed E-state index contributed by atoms with van der Waals surface area (Å²) in [6.45, 7) is 0.404. The van der Waals surface area contributed by atoms with Gasteiger partial charge in [0.05, 0.1) is 10.6 Å². The van der Waals surface area contributed by atoms with E-state index in [0.717, 1.165) is 26.1 Å². The molecule has 2 aromatic carbocycles. The molecule has 0 bridgehead atoms. The second kappa shape index (κ2) is 7.05. The van der Waals surface area contributed by atoms with E-state index in [4.69, 9.17) is 4.74 Å². The Balaban J connectivity index is 1.67. The number of carbonyl (C=O) groups is 1. The molecule has 4 rings (SSSR count). The number of thiophene rings is 1. The lowest BCUT2D eigenvalue weighted by Crippen LogP contribution is -2.24. The van der Waals surface area contributed by atoms with Gasteiger partial charge in [-0.2, -0.15) is 0 Å². The molecule has 1 N–H and O–H groups in total. The van der Waals surface area contributed by atoms with Crippen LogP contribution in [-0.2, 0) is 16.6 Å². The van der Waals surface area contributed by atoms with Crippen LogP contribution < -0.4 is 10.1 Å². The maximum atomic E-state index is 12.8. The van der Waals surface area contributed by atoms with Crippen LogP contribution in [0.3, 0.4) is 0 Å². The molecule has 0 saturated carbocycles. The maximum absolute atomic E-state index is 12.8. The zero-order valence-electron chi connectivity index (χ0n) is 15.3. The summed E-state index contributed by atoms with van der Waals surface area (Å²) in [6, 6.07) is 15.9. The highest BCUT2D eigenvalue weighted by Crippen LogP contribution is 2.42. The number of sulfonamides is 1. The average Bonchev–Trinajstić information content (AvgIpc) is 3.13. The number of nitrogens with zero attached hydrogens (tertiary/aromatic N) is 1. The number of ether oxygens (including phenoxy) is 1. The lowest BCUT2D eigenvalue weighted by molar-refractivity contribution is 0.103. The van der Waals surface area contributed by atoms with E-state index in [0.29, 0.717) is 11.5 Å². The van der Waals surface area contributed by atoms with Crippen LogP contribution >= 0.6 is 11.3 Å². The fraction of sp³-hybridized carbons (Fsp3) is 0.150. The van der Waals surface area contributed by atoms with Crippen molar-refractivity contribution in [3.05, 3.63) is 65.0 Å². The summed E-state index contributed by atoms with van der Waals surface area (Å²) < 4.78 is 31.9. The second-order valence-electron chi connectivity index (χ2n) is 6.49. The third-order valence-electron chi connectivity index (χ3n) is 4.44. The van der Waals surface area contributed by atoms with Crippen molar-refractivity contribution >= 4 is 33.0 Å². The van der Waals surface area contributed by atoms with E-state index in [1.165, 1.54) is 31.5 Å². The van der Waals surface area contributed by atoms with E-state index >= 15 is 0 Å². The molecule has 1 amide bonds. The zero-order valence-corrected chi connectivity index (χ0v) is 16.9. The van der Waals surface area contributed by atoms with Gasteiger partial charge in [-0.1, -0.05) is 24.3 Å². The van der Waals surface area contributed by atoms with Crippen molar-refractivity contribution in [2.75, 3.05) is 19.4 Å². The molecule has 6 nitrogen and oxygen atoms in total. The van der Waals surface area contributed by atoms with E-state index in [2.05, 4.69) is 5.32 Å². The number of fused-ring (bicyclic) bond motifs is 3. The standard InChI is InChI=1S/C20H18N2O4S2/c1-22(2)28(24,25)18-10-6-4-8-15(18)21-20(23)17-11-13-12-26-16-9-5-3-7-14(16)19(13)27-17/h3-11H,12H2,1-2H3,(H,21,23). The van der Waals surface area contributed by atoms with Crippen LogP contribution in [-0.4, -0.2) is 32.7 Å². The molecule has 0 spiro atoms. The number of amides is 1. The molecule has 3 aromatic rings. The van der Waals surface area contributed by atoms with Gasteiger partial charge in [-0.25, -0.2) is 12.7 Å². The molecular formula is C20H18N2O4S2.